The molecule has 0 saturated heterocycles. The van der Waals surface area contributed by atoms with Gasteiger partial charge in [0.2, 0.25) is 0 Å². The number of hydrogen-bond donors (Lipinski definition) is 1. The third-order valence-corrected chi connectivity index (χ3v) is 2.29. The Morgan fingerprint density at radius 3 is 3.00 bits per heavy atom. The number of rotatable bonds is 1. The highest BCUT2D eigenvalue weighted by Gasteiger charge is 2.19. The molecule has 0 radical (unpaired) electrons. The van der Waals surface area contributed by atoms with Crippen LogP contribution < -0.4 is 0 Å². The molecule has 0 aromatic carbocycles. The van der Waals surface area contributed by atoms with Crippen LogP contribution in [0.2, 0.25) is 0 Å². The monoisotopic (exact) mass is 174 g/mol. The lowest BCUT2D eigenvalue weighted by molar-refractivity contribution is 0.210. The molecule has 3 heteroatoms. The Balaban J connectivity index is 2.28. The minimum absolute atomic E-state index is 0.139. The second kappa shape index (κ2) is 3.08. The number of allylic oxidation sites excluding steroid dienone is 1. The number of nitrogens with zero attached hydrogens (tertiary/aromatic N) is 2. The van der Waals surface area contributed by atoms with Gasteiger partial charge in [0.25, 0.3) is 0 Å². The second-order valence-electron chi connectivity index (χ2n) is 3.17. The molecule has 1 aromatic rings. The fraction of sp³-hybridized carbons (Fsp3) is 0.300. The van der Waals surface area contributed by atoms with E-state index in [4.69, 9.17) is 5.26 Å². The summed E-state index contributed by atoms with van der Waals surface area (Å²) >= 11 is 0. The van der Waals surface area contributed by atoms with Crippen LogP contribution >= 0.6 is 0 Å². The fourth-order valence-corrected chi connectivity index (χ4v) is 1.64. The lowest BCUT2D eigenvalue weighted by atomic mass is 10.2. The van der Waals surface area contributed by atoms with Crippen molar-refractivity contribution in [2.24, 2.45) is 0 Å². The summed E-state index contributed by atoms with van der Waals surface area (Å²) < 4.78 is 1.88. The molecule has 0 saturated carbocycles. The minimum Gasteiger partial charge on any atom is -0.389 e. The normalized spacial score (nSPS) is 26.2. The summed E-state index contributed by atoms with van der Waals surface area (Å²) in [6.45, 7) is 0. The summed E-state index contributed by atoms with van der Waals surface area (Å²) in [7, 11) is 0. The molecule has 1 aliphatic rings. The molecule has 0 bridgehead atoms. The standard InChI is InChI=1S/C10H10N2O/c11-7-9-2-1-5-12(9)8-3-4-10(13)6-8/h1-5,8,10,13H,6H2/t8-,10-/m0/s1. The van der Waals surface area contributed by atoms with Gasteiger partial charge in [0.15, 0.2) is 0 Å². The first kappa shape index (κ1) is 8.09. The van der Waals surface area contributed by atoms with E-state index in [9.17, 15) is 5.11 Å². The van der Waals surface area contributed by atoms with E-state index in [1.165, 1.54) is 0 Å². The molecular formula is C10H10N2O. The van der Waals surface area contributed by atoms with E-state index in [1.807, 2.05) is 22.9 Å². The highest BCUT2D eigenvalue weighted by molar-refractivity contribution is 5.25. The zero-order valence-corrected chi connectivity index (χ0v) is 7.09. The molecule has 1 heterocycles. The molecule has 1 aromatic heterocycles. The quantitative estimate of drug-likeness (QED) is 0.651. The summed E-state index contributed by atoms with van der Waals surface area (Å²) in [5, 5.41) is 18.1. The molecule has 1 aliphatic carbocycles. The van der Waals surface area contributed by atoms with Gasteiger partial charge in [-0.3, -0.25) is 0 Å². The number of aromatic nitrogens is 1. The number of aliphatic hydroxyl groups excluding tert-OH is 1. The van der Waals surface area contributed by atoms with E-state index < -0.39 is 0 Å². The summed E-state index contributed by atoms with van der Waals surface area (Å²) in [5.41, 5.74) is 0.642. The Hall–Kier alpha value is -1.53. The van der Waals surface area contributed by atoms with Gasteiger partial charge in [-0.1, -0.05) is 12.2 Å². The number of nitriles is 1. The van der Waals surface area contributed by atoms with Crippen molar-refractivity contribution in [1.29, 1.82) is 5.26 Å². The summed E-state index contributed by atoms with van der Waals surface area (Å²) in [6.07, 6.45) is 5.88. The van der Waals surface area contributed by atoms with E-state index in [0.29, 0.717) is 12.1 Å². The van der Waals surface area contributed by atoms with Gasteiger partial charge in [-0.2, -0.15) is 5.26 Å². The topological polar surface area (TPSA) is 49.0 Å². The van der Waals surface area contributed by atoms with E-state index in [1.54, 1.807) is 12.1 Å². The summed E-state index contributed by atoms with van der Waals surface area (Å²) in [5.74, 6) is 0. The number of aliphatic hydroxyl groups is 1. The first-order valence-electron chi connectivity index (χ1n) is 4.24. The van der Waals surface area contributed by atoms with E-state index in [2.05, 4.69) is 6.07 Å². The molecule has 66 valence electrons. The van der Waals surface area contributed by atoms with Crippen LogP contribution in [0, 0.1) is 11.3 Å². The van der Waals surface area contributed by atoms with Gasteiger partial charge in [0.05, 0.1) is 12.1 Å². The van der Waals surface area contributed by atoms with Crippen molar-refractivity contribution in [3.8, 4) is 6.07 Å². The van der Waals surface area contributed by atoms with Crippen LogP contribution in [0.3, 0.4) is 0 Å². The van der Waals surface area contributed by atoms with Crippen LogP contribution in [0.1, 0.15) is 18.2 Å². The van der Waals surface area contributed by atoms with E-state index in [-0.39, 0.29) is 12.1 Å². The maximum Gasteiger partial charge on any atom is 0.120 e. The molecular weight excluding hydrogens is 164 g/mol. The van der Waals surface area contributed by atoms with Crippen molar-refractivity contribution < 1.29 is 5.11 Å². The van der Waals surface area contributed by atoms with Crippen LogP contribution in [0.15, 0.2) is 30.5 Å². The molecule has 2 rings (SSSR count). The average Bonchev–Trinajstić information content (AvgIpc) is 2.71. The van der Waals surface area contributed by atoms with Crippen molar-refractivity contribution in [2.45, 2.75) is 18.6 Å². The maximum absolute atomic E-state index is 9.28. The molecule has 0 spiro atoms. The summed E-state index contributed by atoms with van der Waals surface area (Å²) in [6, 6.07) is 5.87. The van der Waals surface area contributed by atoms with Crippen molar-refractivity contribution in [1.82, 2.24) is 4.57 Å². The van der Waals surface area contributed by atoms with E-state index in [0.717, 1.165) is 0 Å². The third kappa shape index (κ3) is 1.36. The predicted octanol–water partition coefficient (Wildman–Crippen LogP) is 1.22. The van der Waals surface area contributed by atoms with Crippen molar-refractivity contribution in [3.05, 3.63) is 36.2 Å². The van der Waals surface area contributed by atoms with Gasteiger partial charge in [-0.25, -0.2) is 0 Å². The van der Waals surface area contributed by atoms with Crippen molar-refractivity contribution >= 4 is 0 Å². The Labute approximate surface area is 76.5 Å². The van der Waals surface area contributed by atoms with Crippen LogP contribution in [0.4, 0.5) is 0 Å². The minimum atomic E-state index is -0.362. The molecule has 3 nitrogen and oxygen atoms in total. The summed E-state index contributed by atoms with van der Waals surface area (Å²) in [4.78, 5) is 0. The van der Waals surface area contributed by atoms with Crippen molar-refractivity contribution in [3.63, 3.8) is 0 Å². The zero-order chi connectivity index (χ0) is 9.26. The molecule has 13 heavy (non-hydrogen) atoms. The Morgan fingerprint density at radius 1 is 1.54 bits per heavy atom. The third-order valence-electron chi connectivity index (χ3n) is 2.29. The fourth-order valence-electron chi connectivity index (χ4n) is 1.64. The molecule has 0 amide bonds. The largest absolute Gasteiger partial charge is 0.389 e. The first-order chi connectivity index (χ1) is 6.31. The van der Waals surface area contributed by atoms with Crippen LogP contribution in [0.25, 0.3) is 0 Å². The SMILES string of the molecule is N#Cc1cccn1[C@H]1C=C[C@H](O)C1. The average molecular weight is 174 g/mol. The van der Waals surface area contributed by atoms with Gasteiger partial charge in [-0.05, 0) is 12.1 Å². The van der Waals surface area contributed by atoms with Gasteiger partial charge in [0.1, 0.15) is 11.8 Å². The Bertz CT molecular complexity index is 373. The maximum atomic E-state index is 9.28. The smallest absolute Gasteiger partial charge is 0.120 e. The first-order valence-corrected chi connectivity index (χ1v) is 4.24. The Kier molecular flexibility index (Phi) is 1.91. The molecule has 0 fully saturated rings. The second-order valence-corrected chi connectivity index (χ2v) is 3.17. The lowest BCUT2D eigenvalue weighted by Crippen LogP contribution is -2.08. The highest BCUT2D eigenvalue weighted by Crippen LogP contribution is 2.24. The zero-order valence-electron chi connectivity index (χ0n) is 7.09. The van der Waals surface area contributed by atoms with E-state index >= 15 is 0 Å². The van der Waals surface area contributed by atoms with Crippen LogP contribution in [0.5, 0.6) is 0 Å². The predicted molar refractivity (Wildman–Crippen MR) is 47.9 cm³/mol. The molecule has 2 atom stereocenters. The van der Waals surface area contributed by atoms with Gasteiger partial charge in [-0.15, -0.1) is 0 Å². The van der Waals surface area contributed by atoms with Crippen LogP contribution in [-0.4, -0.2) is 15.8 Å². The van der Waals surface area contributed by atoms with Gasteiger partial charge >= 0.3 is 0 Å². The molecule has 0 unspecified atom stereocenters. The van der Waals surface area contributed by atoms with Gasteiger partial charge < -0.3 is 9.67 Å². The highest BCUT2D eigenvalue weighted by atomic mass is 16.3. The Morgan fingerprint density at radius 2 is 2.38 bits per heavy atom. The van der Waals surface area contributed by atoms with Gasteiger partial charge in [0, 0.05) is 12.6 Å². The number of hydrogen-bond acceptors (Lipinski definition) is 2. The molecule has 0 aliphatic heterocycles. The lowest BCUT2D eigenvalue weighted by Gasteiger charge is -2.11. The van der Waals surface area contributed by atoms with Crippen molar-refractivity contribution in [2.75, 3.05) is 0 Å². The molecule has 1 N–H and O–H groups in total. The van der Waals surface area contributed by atoms with Crippen LogP contribution in [-0.2, 0) is 0 Å².